The third-order valence-electron chi connectivity index (χ3n) is 12.5. The number of fused-ring (bicyclic) bond motifs is 8. The van der Waals surface area contributed by atoms with E-state index in [9.17, 15) is 0 Å². The van der Waals surface area contributed by atoms with Gasteiger partial charge in [-0.25, -0.2) is 0 Å². The Morgan fingerprint density at radius 2 is 1.53 bits per heavy atom. The normalized spacial score (nSPS) is 22.3. The molecule has 0 bridgehead atoms. The number of hydrogen-bond donors (Lipinski definition) is 1. The fourth-order valence-corrected chi connectivity index (χ4v) is 9.92. The number of allylic oxidation sites excluding steroid dienone is 9. The molecule has 55 heavy (non-hydrogen) atoms. The van der Waals surface area contributed by atoms with Crippen molar-refractivity contribution in [2.45, 2.75) is 69.6 Å². The van der Waals surface area contributed by atoms with Crippen molar-refractivity contribution in [3.8, 4) is 5.75 Å². The van der Waals surface area contributed by atoms with E-state index in [2.05, 4.69) is 167 Å². The number of anilines is 5. The van der Waals surface area contributed by atoms with Crippen molar-refractivity contribution in [1.82, 2.24) is 0 Å². The molecule has 4 nitrogen and oxygen atoms in total. The van der Waals surface area contributed by atoms with Crippen LogP contribution in [0.5, 0.6) is 5.75 Å². The molecule has 0 saturated heterocycles. The van der Waals surface area contributed by atoms with Crippen molar-refractivity contribution < 1.29 is 4.74 Å². The molecule has 0 spiro atoms. The van der Waals surface area contributed by atoms with Crippen molar-refractivity contribution in [2.24, 2.45) is 0 Å². The molecule has 270 valence electrons. The van der Waals surface area contributed by atoms with Crippen LogP contribution in [-0.2, 0) is 0 Å². The summed E-state index contributed by atoms with van der Waals surface area (Å²) in [6.45, 7) is 0. The zero-order chi connectivity index (χ0) is 36.3. The van der Waals surface area contributed by atoms with Gasteiger partial charge in [-0.3, -0.25) is 5.32 Å². The lowest BCUT2D eigenvalue weighted by Crippen LogP contribution is -2.32. The smallest absolute Gasteiger partial charge is 0.290 e. The molecule has 3 atom stereocenters. The van der Waals surface area contributed by atoms with E-state index >= 15 is 0 Å². The predicted molar refractivity (Wildman–Crippen MR) is 231 cm³/mol. The second-order valence-corrected chi connectivity index (χ2v) is 15.7. The second kappa shape index (κ2) is 13.4. The van der Waals surface area contributed by atoms with Gasteiger partial charge in [-0.2, -0.15) is 0 Å². The SMILES string of the molecule is C1=CC2c3ccc(N(c4ccccc4)c4ccc5ccc6ccc7c(c6c5c4)[OH+]C(C4=C(C5=CCCCC5)CCC=C4)N7)cc3N(C3=CCCC=C3)C2C=C1. The molecule has 0 radical (unpaired) electrons. The minimum absolute atomic E-state index is 0.0777. The van der Waals surface area contributed by atoms with E-state index in [1.165, 1.54) is 75.3 Å². The molecule has 11 rings (SSSR count). The van der Waals surface area contributed by atoms with Gasteiger partial charge in [-0.1, -0.05) is 103 Å². The van der Waals surface area contributed by atoms with Crippen molar-refractivity contribution in [1.29, 1.82) is 0 Å². The Morgan fingerprint density at radius 1 is 0.691 bits per heavy atom. The number of rotatable bonds is 6. The Labute approximate surface area is 323 Å². The number of ether oxygens (including phenoxy) is 1. The monoisotopic (exact) mass is 716 g/mol. The van der Waals surface area contributed by atoms with Gasteiger partial charge in [0, 0.05) is 39.8 Å². The predicted octanol–water partition coefficient (Wildman–Crippen LogP) is 13.2. The van der Waals surface area contributed by atoms with E-state index in [1.54, 1.807) is 5.57 Å². The van der Waals surface area contributed by atoms with Crippen LogP contribution in [0.3, 0.4) is 0 Å². The molecule has 0 amide bonds. The summed E-state index contributed by atoms with van der Waals surface area (Å²) in [5, 5.41) is 8.74. The van der Waals surface area contributed by atoms with Crippen LogP contribution in [0.2, 0.25) is 0 Å². The lowest BCUT2D eigenvalue weighted by Gasteiger charge is -2.31. The molecule has 0 fully saturated rings. The average molecular weight is 717 g/mol. The summed E-state index contributed by atoms with van der Waals surface area (Å²) >= 11 is 0. The molecule has 2 aliphatic heterocycles. The molecule has 5 aromatic carbocycles. The highest BCUT2D eigenvalue weighted by molar-refractivity contribution is 6.14. The zero-order valence-corrected chi connectivity index (χ0v) is 31.2. The third-order valence-corrected chi connectivity index (χ3v) is 12.5. The number of nitrogens with one attached hydrogen (secondary N) is 1. The van der Waals surface area contributed by atoms with Gasteiger partial charge in [0.15, 0.2) is 0 Å². The van der Waals surface area contributed by atoms with Gasteiger partial charge < -0.3 is 14.5 Å². The number of benzene rings is 5. The average Bonchev–Trinajstić information content (AvgIpc) is 3.84. The van der Waals surface area contributed by atoms with Crippen LogP contribution in [0.1, 0.15) is 62.8 Å². The summed E-state index contributed by atoms with van der Waals surface area (Å²) in [6, 6.07) is 34.2. The molecule has 3 unspecified atom stereocenters. The first-order valence-corrected chi connectivity index (χ1v) is 20.3. The van der Waals surface area contributed by atoms with E-state index in [1.807, 2.05) is 0 Å². The lowest BCUT2D eigenvalue weighted by atomic mass is 9.85. The van der Waals surface area contributed by atoms with Crippen LogP contribution in [0.25, 0.3) is 21.5 Å². The second-order valence-electron chi connectivity index (χ2n) is 15.7. The quantitative estimate of drug-likeness (QED) is 0.108. The van der Waals surface area contributed by atoms with E-state index in [0.717, 1.165) is 54.2 Å². The van der Waals surface area contributed by atoms with Crippen LogP contribution in [-0.4, -0.2) is 17.0 Å². The molecule has 4 heteroatoms. The van der Waals surface area contributed by atoms with Crippen molar-refractivity contribution >= 4 is 50.0 Å². The molecule has 5 aromatic rings. The Bertz CT molecular complexity index is 2580. The summed E-state index contributed by atoms with van der Waals surface area (Å²) in [6.07, 6.45) is 32.7. The van der Waals surface area contributed by atoms with Gasteiger partial charge in [0.05, 0.1) is 17.0 Å². The number of para-hydroxylation sites is 1. The van der Waals surface area contributed by atoms with Gasteiger partial charge >= 0.3 is 0 Å². The summed E-state index contributed by atoms with van der Waals surface area (Å²) in [7, 11) is 0. The largest absolute Gasteiger partial charge is 0.560 e. The van der Waals surface area contributed by atoms with Crippen LogP contribution >= 0.6 is 0 Å². The first kappa shape index (κ1) is 32.4. The zero-order valence-electron chi connectivity index (χ0n) is 31.2. The fourth-order valence-electron chi connectivity index (χ4n) is 9.92. The van der Waals surface area contributed by atoms with Gasteiger partial charge in [0.1, 0.15) is 5.69 Å². The standard InChI is InChI=1S/C51H45N3O/c1-4-14-34(15-5-1)41-20-10-11-22-44(41)51-52-46-31-27-36-25-24-35-26-28-39(32-45(35)49(36)50(46)55-51)53(37-16-6-2-7-17-37)40-29-30-43-42-21-12-13-23-47(42)54(48(43)33-40)38-18-8-3-9-19-38/h2,6-8,11-14,16-19,21-33,42,47,51-52H,1,3-5,9-10,15,20H2/p+1. The van der Waals surface area contributed by atoms with E-state index in [4.69, 9.17) is 4.74 Å². The molecule has 4 aliphatic carbocycles. The van der Waals surface area contributed by atoms with Gasteiger partial charge in [-0.15, -0.1) is 0 Å². The molecule has 2 N–H and O–H groups in total. The number of nitrogens with zero attached hydrogens (tertiary/aromatic N) is 2. The number of aliphatic hydroxyl groups is 1. The summed E-state index contributed by atoms with van der Waals surface area (Å²) in [5.41, 5.74) is 12.9. The summed E-state index contributed by atoms with van der Waals surface area (Å²) in [4.78, 5) is 5.00. The van der Waals surface area contributed by atoms with E-state index < -0.39 is 0 Å². The Morgan fingerprint density at radius 3 is 2.42 bits per heavy atom. The van der Waals surface area contributed by atoms with Crippen molar-refractivity contribution in [3.63, 3.8) is 0 Å². The van der Waals surface area contributed by atoms with Crippen LogP contribution in [0.4, 0.5) is 28.4 Å². The highest BCUT2D eigenvalue weighted by Gasteiger charge is 2.39. The Hall–Kier alpha value is -6.00. The topological polar surface area (TPSA) is 31.3 Å². The first-order chi connectivity index (χ1) is 27.3. The molecule has 0 aromatic heterocycles. The first-order valence-electron chi connectivity index (χ1n) is 20.3. The molecular formula is C51H46N3O+. The van der Waals surface area contributed by atoms with Crippen LogP contribution in [0, 0.1) is 0 Å². The van der Waals surface area contributed by atoms with Crippen LogP contribution in [0.15, 0.2) is 174 Å². The van der Waals surface area contributed by atoms with Crippen molar-refractivity contribution in [3.05, 3.63) is 180 Å². The summed E-state index contributed by atoms with van der Waals surface area (Å²) < 4.78 is 5.53. The maximum absolute atomic E-state index is 5.53. The molecule has 6 aliphatic rings. The minimum Gasteiger partial charge on any atom is -0.560 e. The van der Waals surface area contributed by atoms with E-state index in [-0.39, 0.29) is 12.3 Å². The maximum Gasteiger partial charge on any atom is 0.290 e. The number of aromatic hydroxyl groups is 1. The summed E-state index contributed by atoms with van der Waals surface area (Å²) in [5.74, 6) is 1.41. The maximum atomic E-state index is 5.53. The molecule has 0 saturated carbocycles. The lowest BCUT2D eigenvalue weighted by molar-refractivity contribution is 0.0497. The Balaban J connectivity index is 1.04. The fraction of sp³-hybridized carbons (Fsp3) is 0.216. The molecule has 2 heterocycles. The Kier molecular flexibility index (Phi) is 7.89. The third kappa shape index (κ3) is 5.49. The van der Waals surface area contributed by atoms with Crippen molar-refractivity contribution in [2.75, 3.05) is 15.1 Å². The van der Waals surface area contributed by atoms with Crippen LogP contribution < -0.4 is 15.1 Å². The minimum atomic E-state index is -0.0777. The van der Waals surface area contributed by atoms with Gasteiger partial charge in [0.25, 0.3) is 12.0 Å². The number of hydrogen-bond acceptors (Lipinski definition) is 3. The molecular weight excluding hydrogens is 671 g/mol. The highest BCUT2D eigenvalue weighted by Crippen LogP contribution is 2.51. The highest BCUT2D eigenvalue weighted by atomic mass is 16.5. The van der Waals surface area contributed by atoms with Gasteiger partial charge in [-0.05, 0) is 127 Å². The van der Waals surface area contributed by atoms with Gasteiger partial charge in [0.2, 0.25) is 0 Å². The van der Waals surface area contributed by atoms with E-state index in [0.29, 0.717) is 5.92 Å².